The van der Waals surface area contributed by atoms with Crippen LogP contribution in [0.15, 0.2) is 54.6 Å². The number of benzene rings is 2. The second kappa shape index (κ2) is 8.07. The van der Waals surface area contributed by atoms with Crippen molar-refractivity contribution in [2.24, 2.45) is 5.73 Å². The van der Waals surface area contributed by atoms with E-state index >= 15 is 0 Å². The molecule has 0 amide bonds. The molecule has 20 heavy (non-hydrogen) atoms. The van der Waals surface area contributed by atoms with Gasteiger partial charge in [0, 0.05) is 30.0 Å². The molecule has 0 heterocycles. The first-order valence-corrected chi connectivity index (χ1v) is 6.23. The van der Waals surface area contributed by atoms with Crippen molar-refractivity contribution in [1.29, 1.82) is 5.41 Å². The summed E-state index contributed by atoms with van der Waals surface area (Å²) in [6.07, 6.45) is 0. The summed E-state index contributed by atoms with van der Waals surface area (Å²) in [7, 11) is 0. The molecule has 0 fully saturated rings. The van der Waals surface area contributed by atoms with Crippen molar-refractivity contribution in [1.82, 2.24) is 0 Å². The molecule has 0 atom stereocenters. The predicted molar refractivity (Wildman–Crippen MR) is 88.1 cm³/mol. The van der Waals surface area contributed by atoms with E-state index in [1.807, 2.05) is 54.6 Å². The van der Waals surface area contributed by atoms with Gasteiger partial charge in [-0.3, -0.25) is 5.41 Å². The largest absolute Gasteiger partial charge is 0.384 e. The first kappa shape index (κ1) is 15.9. The number of hydrogen-bond acceptors (Lipinski definition) is 3. The van der Waals surface area contributed by atoms with Gasteiger partial charge in [-0.15, -0.1) is 12.4 Å². The number of rotatable bonds is 6. The first-order chi connectivity index (χ1) is 9.25. The summed E-state index contributed by atoms with van der Waals surface area (Å²) >= 11 is 0. The Hall–Kier alpha value is -2.20. The summed E-state index contributed by atoms with van der Waals surface area (Å²) in [5, 5.41) is 14.0. The molecule has 0 aliphatic heterocycles. The molecule has 5 N–H and O–H groups in total. The Bertz CT molecular complexity index is 525. The molecule has 0 unspecified atom stereocenters. The summed E-state index contributed by atoms with van der Waals surface area (Å²) < 4.78 is 0. The average Bonchev–Trinajstić information content (AvgIpc) is 2.45. The van der Waals surface area contributed by atoms with Crippen molar-refractivity contribution in [3.63, 3.8) is 0 Å². The van der Waals surface area contributed by atoms with Gasteiger partial charge in [0.25, 0.3) is 0 Å². The van der Waals surface area contributed by atoms with Crippen molar-refractivity contribution in [2.75, 3.05) is 23.7 Å². The molecule has 0 aromatic heterocycles. The van der Waals surface area contributed by atoms with Crippen LogP contribution in [0.5, 0.6) is 0 Å². The fourth-order valence-corrected chi connectivity index (χ4v) is 1.74. The normalized spacial score (nSPS) is 9.40. The number of nitrogens with one attached hydrogen (secondary N) is 3. The second-order valence-electron chi connectivity index (χ2n) is 4.21. The van der Waals surface area contributed by atoms with Crippen LogP contribution in [0.1, 0.15) is 5.56 Å². The van der Waals surface area contributed by atoms with E-state index in [1.54, 1.807) is 0 Å². The summed E-state index contributed by atoms with van der Waals surface area (Å²) in [5.74, 6) is 0.0947. The number of nitrogens with two attached hydrogens (primary N) is 1. The van der Waals surface area contributed by atoms with Crippen molar-refractivity contribution in [2.45, 2.75) is 0 Å². The number of para-hydroxylation sites is 1. The van der Waals surface area contributed by atoms with Crippen molar-refractivity contribution >= 4 is 29.6 Å². The van der Waals surface area contributed by atoms with E-state index in [4.69, 9.17) is 11.1 Å². The van der Waals surface area contributed by atoms with Crippen LogP contribution in [0.4, 0.5) is 11.4 Å². The summed E-state index contributed by atoms with van der Waals surface area (Å²) in [4.78, 5) is 0. The second-order valence-corrected chi connectivity index (χ2v) is 4.21. The third kappa shape index (κ3) is 4.82. The summed E-state index contributed by atoms with van der Waals surface area (Å²) in [5.41, 5.74) is 8.30. The van der Waals surface area contributed by atoms with Gasteiger partial charge < -0.3 is 16.4 Å². The van der Waals surface area contributed by atoms with Gasteiger partial charge >= 0.3 is 0 Å². The highest BCUT2D eigenvalue weighted by Crippen LogP contribution is 2.09. The minimum absolute atomic E-state index is 0. The third-order valence-corrected chi connectivity index (χ3v) is 2.75. The first-order valence-electron chi connectivity index (χ1n) is 6.23. The Morgan fingerprint density at radius 1 is 0.850 bits per heavy atom. The van der Waals surface area contributed by atoms with Crippen molar-refractivity contribution < 1.29 is 0 Å². The molecule has 2 rings (SSSR count). The topological polar surface area (TPSA) is 73.9 Å². The van der Waals surface area contributed by atoms with E-state index in [2.05, 4.69) is 10.6 Å². The minimum atomic E-state index is 0. The fourth-order valence-electron chi connectivity index (χ4n) is 1.74. The summed E-state index contributed by atoms with van der Waals surface area (Å²) in [6.45, 7) is 1.67. The Morgan fingerprint density at radius 3 is 1.85 bits per heavy atom. The quantitative estimate of drug-likeness (QED) is 0.375. The van der Waals surface area contributed by atoms with Crippen molar-refractivity contribution in [3.05, 3.63) is 60.2 Å². The molecule has 0 saturated carbocycles. The minimum Gasteiger partial charge on any atom is -0.384 e. The van der Waals surface area contributed by atoms with Crippen LogP contribution in [0, 0.1) is 5.41 Å². The maximum absolute atomic E-state index is 7.32. The van der Waals surface area contributed by atoms with Crippen LogP contribution in [0.3, 0.4) is 0 Å². The molecular formula is C15H19ClN4. The van der Waals surface area contributed by atoms with Crippen LogP contribution < -0.4 is 16.4 Å². The van der Waals surface area contributed by atoms with E-state index in [0.29, 0.717) is 0 Å². The molecule has 106 valence electrons. The van der Waals surface area contributed by atoms with E-state index in [0.717, 1.165) is 30.0 Å². The molecule has 0 bridgehead atoms. The standard InChI is InChI=1S/C15H18N4.ClH/c16-15(17)12-6-8-14(9-7-12)19-11-10-18-13-4-2-1-3-5-13;/h1-9,18-19H,10-11H2,(H3,16,17);1H. The SMILES string of the molecule is Cl.N=C(N)c1ccc(NCCNc2ccccc2)cc1. The van der Waals surface area contributed by atoms with E-state index in [-0.39, 0.29) is 18.2 Å². The van der Waals surface area contributed by atoms with Gasteiger partial charge in [0.2, 0.25) is 0 Å². The number of hydrogen-bond donors (Lipinski definition) is 4. The maximum atomic E-state index is 7.32. The van der Waals surface area contributed by atoms with Gasteiger partial charge in [-0.1, -0.05) is 18.2 Å². The highest BCUT2D eigenvalue weighted by atomic mass is 35.5. The molecule has 0 radical (unpaired) electrons. The Morgan fingerprint density at radius 2 is 1.35 bits per heavy atom. The third-order valence-electron chi connectivity index (χ3n) is 2.75. The van der Waals surface area contributed by atoms with Crippen LogP contribution in [-0.2, 0) is 0 Å². The number of amidine groups is 1. The smallest absolute Gasteiger partial charge is 0.122 e. The van der Waals surface area contributed by atoms with Gasteiger partial charge in [0.15, 0.2) is 0 Å². The van der Waals surface area contributed by atoms with Crippen LogP contribution in [-0.4, -0.2) is 18.9 Å². The lowest BCUT2D eigenvalue weighted by Crippen LogP contribution is -2.14. The number of nitrogen functional groups attached to an aromatic ring is 1. The molecule has 2 aromatic rings. The number of halogens is 1. The van der Waals surface area contributed by atoms with Gasteiger partial charge in [-0.2, -0.15) is 0 Å². The Kier molecular flexibility index (Phi) is 6.40. The van der Waals surface area contributed by atoms with Crippen LogP contribution in [0.25, 0.3) is 0 Å². The molecule has 4 nitrogen and oxygen atoms in total. The lowest BCUT2D eigenvalue weighted by molar-refractivity contribution is 1.08. The molecule has 5 heteroatoms. The lowest BCUT2D eigenvalue weighted by atomic mass is 10.2. The van der Waals surface area contributed by atoms with Gasteiger partial charge in [-0.25, -0.2) is 0 Å². The zero-order chi connectivity index (χ0) is 13.5. The highest BCUT2D eigenvalue weighted by Gasteiger charge is 1.96. The molecule has 0 spiro atoms. The van der Waals surface area contributed by atoms with Gasteiger partial charge in [0.05, 0.1) is 0 Å². The monoisotopic (exact) mass is 290 g/mol. The Balaban J connectivity index is 0.00000200. The van der Waals surface area contributed by atoms with Gasteiger partial charge in [-0.05, 0) is 36.4 Å². The van der Waals surface area contributed by atoms with E-state index < -0.39 is 0 Å². The zero-order valence-electron chi connectivity index (χ0n) is 11.1. The molecule has 0 aliphatic rings. The lowest BCUT2D eigenvalue weighted by Gasteiger charge is -2.09. The number of anilines is 2. The van der Waals surface area contributed by atoms with E-state index in [1.165, 1.54) is 0 Å². The van der Waals surface area contributed by atoms with Gasteiger partial charge in [0.1, 0.15) is 5.84 Å². The van der Waals surface area contributed by atoms with E-state index in [9.17, 15) is 0 Å². The molecular weight excluding hydrogens is 272 g/mol. The van der Waals surface area contributed by atoms with Crippen LogP contribution in [0.2, 0.25) is 0 Å². The van der Waals surface area contributed by atoms with Crippen molar-refractivity contribution in [3.8, 4) is 0 Å². The fraction of sp³-hybridized carbons (Fsp3) is 0.133. The highest BCUT2D eigenvalue weighted by molar-refractivity contribution is 5.95. The van der Waals surface area contributed by atoms with Crippen LogP contribution >= 0.6 is 12.4 Å². The Labute approximate surface area is 125 Å². The summed E-state index contributed by atoms with van der Waals surface area (Å²) in [6, 6.07) is 17.7. The average molecular weight is 291 g/mol. The molecule has 0 saturated heterocycles. The predicted octanol–water partition coefficient (Wildman–Crippen LogP) is 2.92. The zero-order valence-corrected chi connectivity index (χ0v) is 11.9. The molecule has 2 aromatic carbocycles. The maximum Gasteiger partial charge on any atom is 0.122 e. The molecule has 0 aliphatic carbocycles.